The summed E-state index contributed by atoms with van der Waals surface area (Å²) in [6, 6.07) is 1.73. The highest BCUT2D eigenvalue weighted by atomic mass is 35.5. The van der Waals surface area contributed by atoms with E-state index in [0.717, 1.165) is 11.1 Å². The van der Waals surface area contributed by atoms with E-state index in [4.69, 9.17) is 21.1 Å². The molecule has 0 saturated heterocycles. The lowest BCUT2D eigenvalue weighted by molar-refractivity contribution is 0.0776. The van der Waals surface area contributed by atoms with Crippen LogP contribution in [0.3, 0.4) is 0 Å². The number of aliphatic hydroxyl groups is 1. The number of rotatable bonds is 1. The Hall–Kier alpha value is -0.930. The molecule has 2 rings (SSSR count). The third-order valence-corrected chi connectivity index (χ3v) is 2.79. The number of halogens is 1. The Kier molecular flexibility index (Phi) is 2.32. The molecule has 1 aliphatic heterocycles. The molecule has 1 N–H and O–H groups in total. The first kappa shape index (κ1) is 10.6. The normalized spacial score (nSPS) is 14.5. The molecule has 0 bridgehead atoms. The highest BCUT2D eigenvalue weighted by molar-refractivity contribution is 6.32. The van der Waals surface area contributed by atoms with Crippen LogP contribution < -0.4 is 9.47 Å². The standard InChI is InChI=1S/C11H13ClO3/c1-6-7(11(2,3)13)4-8(12)10-9(6)14-5-15-10/h4,13H,5H2,1-3H3. The molecule has 0 atom stereocenters. The van der Waals surface area contributed by atoms with Crippen molar-refractivity contribution in [3.63, 3.8) is 0 Å². The largest absolute Gasteiger partial charge is 0.453 e. The summed E-state index contributed by atoms with van der Waals surface area (Å²) < 4.78 is 10.6. The Morgan fingerprint density at radius 3 is 2.53 bits per heavy atom. The number of ether oxygens (including phenoxy) is 2. The van der Waals surface area contributed by atoms with Crippen molar-refractivity contribution in [1.82, 2.24) is 0 Å². The van der Waals surface area contributed by atoms with Crippen LogP contribution in [0.15, 0.2) is 6.07 Å². The van der Waals surface area contributed by atoms with Crippen LogP contribution in [0.4, 0.5) is 0 Å². The second kappa shape index (κ2) is 3.29. The predicted octanol–water partition coefficient (Wildman–Crippen LogP) is 2.60. The van der Waals surface area contributed by atoms with Crippen molar-refractivity contribution in [2.24, 2.45) is 0 Å². The molecule has 15 heavy (non-hydrogen) atoms. The SMILES string of the molecule is Cc1c(C(C)(C)O)cc(Cl)c2c1OCO2. The molecule has 1 aromatic carbocycles. The Labute approximate surface area is 93.6 Å². The first-order valence-electron chi connectivity index (χ1n) is 4.73. The van der Waals surface area contributed by atoms with E-state index in [1.165, 1.54) is 0 Å². The average molecular weight is 229 g/mol. The molecule has 0 saturated carbocycles. The van der Waals surface area contributed by atoms with Crippen LogP contribution >= 0.6 is 11.6 Å². The molecule has 1 heterocycles. The molecule has 0 amide bonds. The zero-order valence-corrected chi connectivity index (χ0v) is 9.68. The van der Waals surface area contributed by atoms with Crippen LogP contribution in [0.25, 0.3) is 0 Å². The van der Waals surface area contributed by atoms with Crippen molar-refractivity contribution in [2.45, 2.75) is 26.4 Å². The lowest BCUT2D eigenvalue weighted by Crippen LogP contribution is -2.17. The summed E-state index contributed by atoms with van der Waals surface area (Å²) >= 11 is 6.04. The summed E-state index contributed by atoms with van der Waals surface area (Å²) in [5, 5.41) is 10.4. The molecule has 3 nitrogen and oxygen atoms in total. The van der Waals surface area contributed by atoms with Gasteiger partial charge in [0.15, 0.2) is 11.5 Å². The van der Waals surface area contributed by atoms with Gasteiger partial charge in [-0.1, -0.05) is 11.6 Å². The molecule has 1 aliphatic rings. The zero-order chi connectivity index (χ0) is 11.2. The summed E-state index contributed by atoms with van der Waals surface area (Å²) in [7, 11) is 0. The van der Waals surface area contributed by atoms with Gasteiger partial charge < -0.3 is 14.6 Å². The van der Waals surface area contributed by atoms with Gasteiger partial charge in [-0.25, -0.2) is 0 Å². The quantitative estimate of drug-likeness (QED) is 0.803. The Balaban J connectivity index is 2.65. The number of benzene rings is 1. The van der Waals surface area contributed by atoms with Gasteiger partial charge in [-0.15, -0.1) is 0 Å². The van der Waals surface area contributed by atoms with Crippen LogP contribution in [-0.2, 0) is 5.60 Å². The van der Waals surface area contributed by atoms with E-state index in [2.05, 4.69) is 0 Å². The fourth-order valence-electron chi connectivity index (χ4n) is 1.79. The molecule has 1 aromatic rings. The summed E-state index contributed by atoms with van der Waals surface area (Å²) in [5.74, 6) is 1.21. The van der Waals surface area contributed by atoms with Gasteiger partial charge >= 0.3 is 0 Å². The maximum absolute atomic E-state index is 9.97. The van der Waals surface area contributed by atoms with Crippen molar-refractivity contribution in [3.8, 4) is 11.5 Å². The Morgan fingerprint density at radius 2 is 1.93 bits per heavy atom. The molecule has 0 aromatic heterocycles. The molecule has 0 fully saturated rings. The van der Waals surface area contributed by atoms with Gasteiger partial charge in [0, 0.05) is 5.56 Å². The molecular weight excluding hydrogens is 216 g/mol. The average Bonchev–Trinajstić information content (AvgIpc) is 2.58. The summed E-state index contributed by atoms with van der Waals surface area (Å²) in [6.45, 7) is 5.50. The van der Waals surface area contributed by atoms with Crippen molar-refractivity contribution >= 4 is 11.6 Å². The van der Waals surface area contributed by atoms with Crippen molar-refractivity contribution in [2.75, 3.05) is 6.79 Å². The Morgan fingerprint density at radius 1 is 1.33 bits per heavy atom. The highest BCUT2D eigenvalue weighted by Crippen LogP contribution is 2.45. The lowest BCUT2D eigenvalue weighted by Gasteiger charge is -2.21. The second-order valence-electron chi connectivity index (χ2n) is 4.15. The van der Waals surface area contributed by atoms with E-state index >= 15 is 0 Å². The highest BCUT2D eigenvalue weighted by Gasteiger charge is 2.27. The molecule has 0 radical (unpaired) electrons. The van der Waals surface area contributed by atoms with Gasteiger partial charge in [-0.05, 0) is 32.4 Å². The molecule has 0 spiro atoms. The van der Waals surface area contributed by atoms with E-state index in [1.807, 2.05) is 6.92 Å². The minimum atomic E-state index is -0.936. The van der Waals surface area contributed by atoms with Gasteiger partial charge in [0.2, 0.25) is 6.79 Å². The Bertz CT molecular complexity index is 407. The molecular formula is C11H13ClO3. The molecule has 0 aliphatic carbocycles. The van der Waals surface area contributed by atoms with E-state index in [1.54, 1.807) is 19.9 Å². The third-order valence-electron chi connectivity index (χ3n) is 2.50. The van der Waals surface area contributed by atoms with Crippen LogP contribution in [0.2, 0.25) is 5.02 Å². The fraction of sp³-hybridized carbons (Fsp3) is 0.455. The first-order valence-corrected chi connectivity index (χ1v) is 5.10. The van der Waals surface area contributed by atoms with E-state index in [-0.39, 0.29) is 6.79 Å². The van der Waals surface area contributed by atoms with Crippen molar-refractivity contribution in [1.29, 1.82) is 0 Å². The van der Waals surface area contributed by atoms with Crippen LogP contribution in [0.1, 0.15) is 25.0 Å². The van der Waals surface area contributed by atoms with Gasteiger partial charge in [-0.2, -0.15) is 0 Å². The van der Waals surface area contributed by atoms with E-state index < -0.39 is 5.60 Å². The fourth-order valence-corrected chi connectivity index (χ4v) is 2.04. The van der Waals surface area contributed by atoms with Gasteiger partial charge in [0.25, 0.3) is 0 Å². The van der Waals surface area contributed by atoms with E-state index in [0.29, 0.717) is 16.5 Å². The van der Waals surface area contributed by atoms with Crippen LogP contribution in [-0.4, -0.2) is 11.9 Å². The summed E-state index contributed by atoms with van der Waals surface area (Å²) in [5.41, 5.74) is 0.700. The topological polar surface area (TPSA) is 38.7 Å². The minimum absolute atomic E-state index is 0.186. The maximum atomic E-state index is 9.97. The van der Waals surface area contributed by atoms with Crippen molar-refractivity contribution < 1.29 is 14.6 Å². The molecule has 4 heteroatoms. The van der Waals surface area contributed by atoms with Gasteiger partial charge in [-0.3, -0.25) is 0 Å². The number of fused-ring (bicyclic) bond motifs is 1. The smallest absolute Gasteiger partial charge is 0.231 e. The third kappa shape index (κ3) is 1.66. The molecule has 82 valence electrons. The summed E-state index contributed by atoms with van der Waals surface area (Å²) in [6.07, 6.45) is 0. The van der Waals surface area contributed by atoms with Crippen molar-refractivity contribution in [3.05, 3.63) is 22.2 Å². The van der Waals surface area contributed by atoms with Gasteiger partial charge in [0.05, 0.1) is 10.6 Å². The van der Waals surface area contributed by atoms with Crippen LogP contribution in [0, 0.1) is 6.92 Å². The van der Waals surface area contributed by atoms with Gasteiger partial charge in [0.1, 0.15) is 0 Å². The lowest BCUT2D eigenvalue weighted by atomic mass is 9.93. The van der Waals surface area contributed by atoms with E-state index in [9.17, 15) is 5.11 Å². The maximum Gasteiger partial charge on any atom is 0.231 e. The molecule has 0 unspecified atom stereocenters. The second-order valence-corrected chi connectivity index (χ2v) is 4.56. The minimum Gasteiger partial charge on any atom is -0.453 e. The van der Waals surface area contributed by atoms with Crippen LogP contribution in [0.5, 0.6) is 11.5 Å². The predicted molar refractivity (Wildman–Crippen MR) is 57.6 cm³/mol. The first-order chi connectivity index (χ1) is 6.91. The monoisotopic (exact) mass is 228 g/mol. The number of hydrogen-bond acceptors (Lipinski definition) is 3. The summed E-state index contributed by atoms with van der Waals surface area (Å²) in [4.78, 5) is 0. The number of hydrogen-bond donors (Lipinski definition) is 1. The zero-order valence-electron chi connectivity index (χ0n) is 8.93.